The topological polar surface area (TPSA) is 77.2 Å². The Bertz CT molecular complexity index is 1120. The number of aliphatic hydroxyl groups excluding tert-OH is 1. The molecule has 0 bridgehead atoms. The molecule has 6 nitrogen and oxygen atoms in total. The molecular formula is C23H24F3N3O3. The molecule has 2 aromatic carbocycles. The second kappa shape index (κ2) is 8.74. The van der Waals surface area contributed by atoms with Crippen molar-refractivity contribution in [1.82, 2.24) is 15.0 Å². The number of ether oxygens (including phenoxy) is 1. The van der Waals surface area contributed by atoms with Crippen molar-refractivity contribution in [3.05, 3.63) is 60.7 Å². The number of fused-ring (bicyclic) bond motifs is 1. The molecule has 2 atom stereocenters. The average Bonchev–Trinajstić information content (AvgIpc) is 3.13. The Hall–Kier alpha value is -3.20. The lowest BCUT2D eigenvalue weighted by molar-refractivity contribution is -0.137. The van der Waals surface area contributed by atoms with E-state index in [4.69, 9.17) is 4.74 Å². The van der Waals surface area contributed by atoms with Crippen LogP contribution in [0.15, 0.2) is 55.1 Å². The van der Waals surface area contributed by atoms with E-state index in [0.717, 1.165) is 18.2 Å². The largest absolute Gasteiger partial charge is 0.480 e. The van der Waals surface area contributed by atoms with Crippen molar-refractivity contribution in [3.8, 4) is 11.4 Å². The Kier molecular flexibility index (Phi) is 6.41. The molecule has 32 heavy (non-hydrogen) atoms. The van der Waals surface area contributed by atoms with Crippen LogP contribution in [-0.4, -0.2) is 38.1 Å². The number of benzene rings is 2. The van der Waals surface area contributed by atoms with Gasteiger partial charge in [-0.3, -0.25) is 4.79 Å². The predicted molar refractivity (Wildman–Crippen MR) is 114 cm³/mol. The van der Waals surface area contributed by atoms with Crippen LogP contribution in [0.1, 0.15) is 32.8 Å². The number of nitrogens with zero attached hydrogens (tertiary/aromatic N) is 3. The molecule has 0 aliphatic rings. The third-order valence-electron chi connectivity index (χ3n) is 4.69. The summed E-state index contributed by atoms with van der Waals surface area (Å²) in [4.78, 5) is 13.4. The van der Waals surface area contributed by atoms with Crippen molar-refractivity contribution >= 4 is 16.8 Å². The molecule has 0 saturated carbocycles. The van der Waals surface area contributed by atoms with Crippen molar-refractivity contribution in [2.24, 2.45) is 5.41 Å². The zero-order chi connectivity index (χ0) is 23.7. The Morgan fingerprint density at radius 2 is 1.75 bits per heavy atom. The molecular weight excluding hydrogens is 423 g/mol. The van der Waals surface area contributed by atoms with Gasteiger partial charge in [0.1, 0.15) is 16.8 Å². The first-order valence-corrected chi connectivity index (χ1v) is 9.93. The molecule has 0 fully saturated rings. The maximum Gasteiger partial charge on any atom is 0.416 e. The van der Waals surface area contributed by atoms with Crippen LogP contribution in [0.5, 0.6) is 5.75 Å². The van der Waals surface area contributed by atoms with Gasteiger partial charge in [0.15, 0.2) is 11.9 Å². The van der Waals surface area contributed by atoms with Crippen LogP contribution in [0.4, 0.5) is 13.2 Å². The molecule has 0 aliphatic heterocycles. The normalized spacial score (nSPS) is 14.2. The van der Waals surface area contributed by atoms with Gasteiger partial charge in [0.05, 0.1) is 17.4 Å². The third kappa shape index (κ3) is 5.53. The van der Waals surface area contributed by atoms with Crippen molar-refractivity contribution in [3.63, 3.8) is 0 Å². The first kappa shape index (κ1) is 23.5. The highest BCUT2D eigenvalue weighted by atomic mass is 19.4. The highest BCUT2D eigenvalue weighted by Gasteiger charge is 2.31. The summed E-state index contributed by atoms with van der Waals surface area (Å²) in [7, 11) is 0. The summed E-state index contributed by atoms with van der Waals surface area (Å²) >= 11 is 0. The molecule has 0 spiro atoms. The molecule has 1 heterocycles. The Labute approximate surface area is 183 Å². The second-order valence-electron chi connectivity index (χ2n) is 8.66. The fraction of sp³-hybridized carbons (Fsp3) is 0.348. The number of carbonyl (C=O) groups is 1. The second-order valence-corrected chi connectivity index (χ2v) is 8.66. The number of halogens is 3. The summed E-state index contributed by atoms with van der Waals surface area (Å²) in [5, 5.41) is 18.8. The zero-order valence-electron chi connectivity index (χ0n) is 17.9. The molecule has 1 aromatic heterocycles. The van der Waals surface area contributed by atoms with E-state index in [2.05, 4.69) is 16.8 Å². The lowest BCUT2D eigenvalue weighted by atomic mass is 9.86. The van der Waals surface area contributed by atoms with Crippen LogP contribution in [0.25, 0.3) is 16.7 Å². The SMILES string of the molecule is C=CC(=O)C(Oc1ccc(-n2nc3ccc(C(F)(F)F)cc3n2)cc1)C(O)CC(C)(C)C. The van der Waals surface area contributed by atoms with E-state index >= 15 is 0 Å². The summed E-state index contributed by atoms with van der Waals surface area (Å²) in [6, 6.07) is 9.50. The van der Waals surface area contributed by atoms with Gasteiger partial charge < -0.3 is 9.84 Å². The molecule has 0 amide bonds. The van der Waals surface area contributed by atoms with E-state index in [1.807, 2.05) is 20.8 Å². The van der Waals surface area contributed by atoms with Gasteiger partial charge >= 0.3 is 6.18 Å². The van der Waals surface area contributed by atoms with Gasteiger partial charge in [-0.25, -0.2) is 0 Å². The van der Waals surface area contributed by atoms with Crippen LogP contribution >= 0.6 is 0 Å². The fourth-order valence-electron chi connectivity index (χ4n) is 3.19. The average molecular weight is 447 g/mol. The maximum absolute atomic E-state index is 12.9. The molecule has 170 valence electrons. The zero-order valence-corrected chi connectivity index (χ0v) is 17.9. The minimum Gasteiger partial charge on any atom is -0.480 e. The monoisotopic (exact) mass is 447 g/mol. The minimum absolute atomic E-state index is 0.113. The standard InChI is InChI=1S/C23H24F3N3O3/c1-5-19(30)21(20(31)13-22(2,3)4)32-16-9-7-15(8-10-16)29-27-17-11-6-14(23(24,25)26)12-18(17)28-29/h5-12,20-21,31H,1,13H2,2-4H3. The summed E-state index contributed by atoms with van der Waals surface area (Å²) in [5.41, 5.74) is -0.0922. The highest BCUT2D eigenvalue weighted by molar-refractivity contribution is 5.93. The van der Waals surface area contributed by atoms with Crippen LogP contribution in [0.3, 0.4) is 0 Å². The van der Waals surface area contributed by atoms with Gasteiger partial charge in [0.2, 0.25) is 0 Å². The number of rotatable bonds is 7. The fourth-order valence-corrected chi connectivity index (χ4v) is 3.19. The summed E-state index contributed by atoms with van der Waals surface area (Å²) in [6.45, 7) is 9.30. The first-order chi connectivity index (χ1) is 14.9. The van der Waals surface area contributed by atoms with E-state index in [1.165, 1.54) is 10.9 Å². The molecule has 0 saturated heterocycles. The Morgan fingerprint density at radius 1 is 1.12 bits per heavy atom. The van der Waals surface area contributed by atoms with Gasteiger partial charge in [-0.2, -0.15) is 18.0 Å². The van der Waals surface area contributed by atoms with Crippen LogP contribution in [-0.2, 0) is 11.0 Å². The van der Waals surface area contributed by atoms with Gasteiger partial charge in [-0.1, -0.05) is 27.4 Å². The smallest absolute Gasteiger partial charge is 0.416 e. The molecule has 3 aromatic rings. The summed E-state index contributed by atoms with van der Waals surface area (Å²) < 4.78 is 44.5. The number of aliphatic hydroxyl groups is 1. The molecule has 1 N–H and O–H groups in total. The van der Waals surface area contributed by atoms with Crippen molar-refractivity contribution in [2.75, 3.05) is 0 Å². The Balaban J connectivity index is 1.81. The number of hydrogen-bond donors (Lipinski definition) is 1. The van der Waals surface area contributed by atoms with Crippen LogP contribution in [0.2, 0.25) is 0 Å². The van der Waals surface area contributed by atoms with Gasteiger partial charge in [0.25, 0.3) is 0 Å². The van der Waals surface area contributed by atoms with E-state index in [-0.39, 0.29) is 10.9 Å². The maximum atomic E-state index is 12.9. The summed E-state index contributed by atoms with van der Waals surface area (Å²) in [5.74, 6) is -0.107. The summed E-state index contributed by atoms with van der Waals surface area (Å²) in [6.07, 6.45) is -5.14. The minimum atomic E-state index is -4.46. The number of aromatic nitrogens is 3. The van der Waals surface area contributed by atoms with Gasteiger partial charge in [-0.15, -0.1) is 10.2 Å². The van der Waals surface area contributed by atoms with Gasteiger partial charge in [-0.05, 0) is 60.4 Å². The number of alkyl halides is 3. The highest BCUT2D eigenvalue weighted by Crippen LogP contribution is 2.31. The Morgan fingerprint density at radius 3 is 2.31 bits per heavy atom. The van der Waals surface area contributed by atoms with Crippen LogP contribution < -0.4 is 4.74 Å². The van der Waals surface area contributed by atoms with Crippen molar-refractivity contribution in [2.45, 2.75) is 45.6 Å². The first-order valence-electron chi connectivity index (χ1n) is 9.93. The van der Waals surface area contributed by atoms with E-state index < -0.39 is 29.7 Å². The van der Waals surface area contributed by atoms with Crippen molar-refractivity contribution < 1.29 is 27.8 Å². The number of carbonyl (C=O) groups excluding carboxylic acids is 1. The molecule has 0 radical (unpaired) electrons. The molecule has 9 heteroatoms. The van der Waals surface area contributed by atoms with Gasteiger partial charge in [0, 0.05) is 0 Å². The lowest BCUT2D eigenvalue weighted by Gasteiger charge is -2.27. The van der Waals surface area contributed by atoms with Crippen molar-refractivity contribution in [1.29, 1.82) is 0 Å². The number of ketones is 1. The van der Waals surface area contributed by atoms with E-state index in [0.29, 0.717) is 23.4 Å². The lowest BCUT2D eigenvalue weighted by Crippen LogP contribution is -2.40. The van der Waals surface area contributed by atoms with Crippen LogP contribution in [0, 0.1) is 5.41 Å². The molecule has 3 rings (SSSR count). The number of hydrogen-bond acceptors (Lipinski definition) is 5. The molecule has 0 aliphatic carbocycles. The quantitative estimate of drug-likeness (QED) is 0.530. The molecule has 2 unspecified atom stereocenters. The predicted octanol–water partition coefficient (Wildman–Crippen LogP) is 4.74. The van der Waals surface area contributed by atoms with E-state index in [1.54, 1.807) is 24.3 Å². The third-order valence-corrected chi connectivity index (χ3v) is 4.69. The van der Waals surface area contributed by atoms with E-state index in [9.17, 15) is 23.1 Å².